The summed E-state index contributed by atoms with van der Waals surface area (Å²) >= 11 is 18.8. The summed E-state index contributed by atoms with van der Waals surface area (Å²) < 4.78 is 0. The van der Waals surface area contributed by atoms with E-state index in [1.54, 1.807) is 6.07 Å². The van der Waals surface area contributed by atoms with Gasteiger partial charge in [0, 0.05) is 0 Å². The van der Waals surface area contributed by atoms with E-state index >= 15 is 0 Å². The van der Waals surface area contributed by atoms with Gasteiger partial charge < -0.3 is 0 Å². The van der Waals surface area contributed by atoms with Gasteiger partial charge in [-0.2, -0.15) is 0 Å². The zero-order valence-corrected chi connectivity index (χ0v) is 12.9. The first-order chi connectivity index (χ1) is 9.09. The van der Waals surface area contributed by atoms with E-state index < -0.39 is 0 Å². The SMILES string of the molecule is CC(Cc1cccc(Cl)c1Cl)C(Cl)c1ccccc1. The highest BCUT2D eigenvalue weighted by Crippen LogP contribution is 2.34. The Balaban J connectivity index is 2.13. The third-order valence-electron chi connectivity index (χ3n) is 3.19. The smallest absolute Gasteiger partial charge is 0.0624 e. The number of benzene rings is 2. The normalized spacial score (nSPS) is 14.1. The molecule has 2 aromatic rings. The molecule has 0 heterocycles. The van der Waals surface area contributed by atoms with Gasteiger partial charge in [0.2, 0.25) is 0 Å². The Kier molecular flexibility index (Phi) is 5.15. The minimum Gasteiger partial charge on any atom is -0.118 e. The molecule has 100 valence electrons. The molecule has 0 N–H and O–H groups in total. The fraction of sp³-hybridized carbons (Fsp3) is 0.250. The second-order valence-corrected chi connectivity index (χ2v) is 5.96. The lowest BCUT2D eigenvalue weighted by Gasteiger charge is -2.19. The molecule has 2 atom stereocenters. The molecule has 0 aliphatic carbocycles. The van der Waals surface area contributed by atoms with Crippen LogP contribution in [0, 0.1) is 5.92 Å². The highest BCUT2D eigenvalue weighted by atomic mass is 35.5. The number of alkyl halides is 1. The quantitative estimate of drug-likeness (QED) is 0.594. The van der Waals surface area contributed by atoms with Crippen molar-refractivity contribution < 1.29 is 0 Å². The Morgan fingerprint density at radius 1 is 0.947 bits per heavy atom. The van der Waals surface area contributed by atoms with E-state index in [1.807, 2.05) is 42.5 Å². The highest BCUT2D eigenvalue weighted by molar-refractivity contribution is 6.42. The minimum absolute atomic E-state index is 0.0313. The standard InChI is InChI=1S/C16H15Cl3/c1-11(15(18)12-6-3-2-4-7-12)10-13-8-5-9-14(17)16(13)19/h2-9,11,15H,10H2,1H3. The van der Waals surface area contributed by atoms with Crippen LogP contribution in [0.1, 0.15) is 23.4 Å². The van der Waals surface area contributed by atoms with E-state index in [0.29, 0.717) is 10.0 Å². The van der Waals surface area contributed by atoms with Crippen LogP contribution in [-0.4, -0.2) is 0 Å². The predicted molar refractivity (Wildman–Crippen MR) is 84.4 cm³/mol. The lowest BCUT2D eigenvalue weighted by atomic mass is 9.94. The lowest BCUT2D eigenvalue weighted by Crippen LogP contribution is -2.08. The molecule has 0 radical (unpaired) electrons. The summed E-state index contributed by atoms with van der Waals surface area (Å²) in [5, 5.41) is 1.20. The van der Waals surface area contributed by atoms with Crippen LogP contribution < -0.4 is 0 Å². The lowest BCUT2D eigenvalue weighted by molar-refractivity contribution is 0.558. The molecular formula is C16H15Cl3. The van der Waals surface area contributed by atoms with Crippen molar-refractivity contribution in [2.75, 3.05) is 0 Å². The Hall–Kier alpha value is -0.690. The summed E-state index contributed by atoms with van der Waals surface area (Å²) in [5.74, 6) is 0.278. The van der Waals surface area contributed by atoms with Gasteiger partial charge in [0.15, 0.2) is 0 Å². The summed E-state index contributed by atoms with van der Waals surface area (Å²) in [6.07, 6.45) is 0.808. The molecule has 0 saturated carbocycles. The first kappa shape index (κ1) is 14.7. The van der Waals surface area contributed by atoms with E-state index in [2.05, 4.69) is 6.92 Å². The van der Waals surface area contributed by atoms with Crippen LogP contribution in [0.5, 0.6) is 0 Å². The van der Waals surface area contributed by atoms with Gasteiger partial charge in [-0.1, -0.05) is 72.6 Å². The second kappa shape index (κ2) is 6.65. The van der Waals surface area contributed by atoms with Gasteiger partial charge in [0.05, 0.1) is 15.4 Å². The summed E-state index contributed by atoms with van der Waals surface area (Å²) in [4.78, 5) is 0. The first-order valence-corrected chi connectivity index (χ1v) is 7.40. The molecule has 0 aliphatic heterocycles. The third-order valence-corrected chi connectivity index (χ3v) is 4.73. The number of rotatable bonds is 4. The molecule has 19 heavy (non-hydrogen) atoms. The number of halogens is 3. The summed E-state index contributed by atoms with van der Waals surface area (Å²) in [6.45, 7) is 2.13. The van der Waals surface area contributed by atoms with Crippen LogP contribution >= 0.6 is 34.8 Å². The molecule has 3 heteroatoms. The van der Waals surface area contributed by atoms with Crippen LogP contribution in [0.25, 0.3) is 0 Å². The maximum absolute atomic E-state index is 6.52. The van der Waals surface area contributed by atoms with Crippen LogP contribution in [0.4, 0.5) is 0 Å². The van der Waals surface area contributed by atoms with Crippen molar-refractivity contribution in [2.45, 2.75) is 18.7 Å². The summed E-state index contributed by atoms with van der Waals surface area (Å²) in [6, 6.07) is 15.8. The Bertz CT molecular complexity index is 537. The number of hydrogen-bond acceptors (Lipinski definition) is 0. The minimum atomic E-state index is -0.0313. The van der Waals surface area contributed by atoms with E-state index in [0.717, 1.165) is 17.5 Å². The third kappa shape index (κ3) is 3.66. The van der Waals surface area contributed by atoms with Crippen LogP contribution in [0.3, 0.4) is 0 Å². The summed E-state index contributed by atoms with van der Waals surface area (Å²) in [5.41, 5.74) is 2.18. The molecule has 0 fully saturated rings. The van der Waals surface area contributed by atoms with Crippen molar-refractivity contribution in [1.29, 1.82) is 0 Å². The van der Waals surface area contributed by atoms with Gasteiger partial charge >= 0.3 is 0 Å². The molecule has 2 rings (SSSR count). The molecule has 0 aromatic heterocycles. The van der Waals surface area contributed by atoms with Gasteiger partial charge in [-0.15, -0.1) is 11.6 Å². The molecule has 0 saturated heterocycles. The van der Waals surface area contributed by atoms with Crippen molar-refractivity contribution in [2.24, 2.45) is 5.92 Å². The van der Waals surface area contributed by atoms with Gasteiger partial charge in [0.25, 0.3) is 0 Å². The molecular weight excluding hydrogens is 299 g/mol. The molecule has 0 amide bonds. The highest BCUT2D eigenvalue weighted by Gasteiger charge is 2.18. The molecule has 2 unspecified atom stereocenters. The molecule has 0 bridgehead atoms. The largest absolute Gasteiger partial charge is 0.118 e. The van der Waals surface area contributed by atoms with Crippen molar-refractivity contribution in [3.05, 3.63) is 69.7 Å². The fourth-order valence-corrected chi connectivity index (χ4v) is 2.75. The van der Waals surface area contributed by atoms with Gasteiger partial charge in [-0.05, 0) is 29.5 Å². The van der Waals surface area contributed by atoms with E-state index in [4.69, 9.17) is 34.8 Å². The topological polar surface area (TPSA) is 0 Å². The maximum Gasteiger partial charge on any atom is 0.0624 e. The number of hydrogen-bond donors (Lipinski definition) is 0. The Morgan fingerprint density at radius 2 is 1.63 bits per heavy atom. The average Bonchev–Trinajstić information content (AvgIpc) is 2.44. The van der Waals surface area contributed by atoms with E-state index in [1.165, 1.54) is 0 Å². The van der Waals surface area contributed by atoms with Crippen molar-refractivity contribution in [3.63, 3.8) is 0 Å². The van der Waals surface area contributed by atoms with Crippen LogP contribution in [0.15, 0.2) is 48.5 Å². The van der Waals surface area contributed by atoms with Crippen molar-refractivity contribution in [3.8, 4) is 0 Å². The molecule has 0 spiro atoms. The van der Waals surface area contributed by atoms with Gasteiger partial charge in [-0.3, -0.25) is 0 Å². The van der Waals surface area contributed by atoms with Crippen LogP contribution in [-0.2, 0) is 6.42 Å². The predicted octanol–water partition coefficient (Wildman–Crippen LogP) is 6.15. The Labute approximate surface area is 129 Å². The average molecular weight is 314 g/mol. The molecule has 2 aromatic carbocycles. The molecule has 0 nitrogen and oxygen atoms in total. The maximum atomic E-state index is 6.52. The summed E-state index contributed by atoms with van der Waals surface area (Å²) in [7, 11) is 0. The van der Waals surface area contributed by atoms with Crippen molar-refractivity contribution in [1.82, 2.24) is 0 Å². The van der Waals surface area contributed by atoms with Gasteiger partial charge in [0.1, 0.15) is 0 Å². The van der Waals surface area contributed by atoms with E-state index in [-0.39, 0.29) is 11.3 Å². The van der Waals surface area contributed by atoms with E-state index in [9.17, 15) is 0 Å². The van der Waals surface area contributed by atoms with Crippen molar-refractivity contribution >= 4 is 34.8 Å². The van der Waals surface area contributed by atoms with Gasteiger partial charge in [-0.25, -0.2) is 0 Å². The zero-order chi connectivity index (χ0) is 13.8. The van der Waals surface area contributed by atoms with Crippen LogP contribution in [0.2, 0.25) is 10.0 Å². The monoisotopic (exact) mass is 312 g/mol. The fourth-order valence-electron chi connectivity index (χ4n) is 2.12. The first-order valence-electron chi connectivity index (χ1n) is 6.21. The Morgan fingerprint density at radius 3 is 2.32 bits per heavy atom. The second-order valence-electron chi connectivity index (χ2n) is 4.71. The zero-order valence-electron chi connectivity index (χ0n) is 10.6. The molecule has 0 aliphatic rings.